The van der Waals surface area contributed by atoms with E-state index < -0.39 is 10.0 Å². The number of ether oxygens (including phenoxy) is 1. The second-order valence-corrected chi connectivity index (χ2v) is 6.33. The fourth-order valence-electron chi connectivity index (χ4n) is 1.90. The summed E-state index contributed by atoms with van der Waals surface area (Å²) < 4.78 is 30.2. The Hall–Kier alpha value is -1.34. The Morgan fingerprint density at radius 1 is 1.20 bits per heavy atom. The molecule has 20 heavy (non-hydrogen) atoms. The van der Waals surface area contributed by atoms with E-state index >= 15 is 0 Å². The molecule has 6 nitrogen and oxygen atoms in total. The van der Waals surface area contributed by atoms with Gasteiger partial charge in [-0.2, -0.15) is 0 Å². The van der Waals surface area contributed by atoms with Gasteiger partial charge in [0.05, 0.1) is 25.2 Å². The van der Waals surface area contributed by atoms with Gasteiger partial charge < -0.3 is 9.64 Å². The third-order valence-corrected chi connectivity index (χ3v) is 4.33. The van der Waals surface area contributed by atoms with Gasteiger partial charge in [-0.1, -0.05) is 13.8 Å². The monoisotopic (exact) mass is 301 g/mol. The molecule has 0 unspecified atom stereocenters. The molecule has 0 aliphatic carbocycles. The number of anilines is 1. The largest absolute Gasteiger partial charge is 0.481 e. The molecule has 0 fully saturated rings. The van der Waals surface area contributed by atoms with E-state index in [2.05, 4.69) is 23.7 Å². The standard InChI is InChI=1S/C13H23N3O3S/c1-5-15(6-2)9-10-16(20(4,17)18)12-7-8-13(19-3)14-11-12/h7-8,11H,5-6,9-10H2,1-4H3. The number of pyridine rings is 1. The molecular formula is C13H23N3O3S. The van der Waals surface area contributed by atoms with E-state index in [4.69, 9.17) is 4.74 Å². The van der Waals surface area contributed by atoms with E-state index in [1.807, 2.05) is 0 Å². The first-order chi connectivity index (χ1) is 9.42. The van der Waals surface area contributed by atoms with Crippen LogP contribution in [0.1, 0.15) is 13.8 Å². The average Bonchev–Trinajstić information content (AvgIpc) is 2.43. The third-order valence-electron chi connectivity index (χ3n) is 3.13. The highest BCUT2D eigenvalue weighted by Crippen LogP contribution is 2.18. The highest BCUT2D eigenvalue weighted by Gasteiger charge is 2.18. The molecule has 1 aromatic rings. The van der Waals surface area contributed by atoms with Crippen molar-refractivity contribution in [2.75, 3.05) is 43.8 Å². The van der Waals surface area contributed by atoms with Crippen LogP contribution in [0.15, 0.2) is 18.3 Å². The maximum absolute atomic E-state index is 11.9. The molecule has 1 heterocycles. The number of hydrogen-bond acceptors (Lipinski definition) is 5. The smallest absolute Gasteiger partial charge is 0.232 e. The summed E-state index contributed by atoms with van der Waals surface area (Å²) in [4.78, 5) is 6.23. The molecule has 0 atom stereocenters. The highest BCUT2D eigenvalue weighted by molar-refractivity contribution is 7.92. The summed E-state index contributed by atoms with van der Waals surface area (Å²) >= 11 is 0. The van der Waals surface area contributed by atoms with Gasteiger partial charge in [0, 0.05) is 19.2 Å². The molecule has 114 valence electrons. The second kappa shape index (κ2) is 7.44. The Labute approximate surface area is 121 Å². The molecular weight excluding hydrogens is 278 g/mol. The summed E-state index contributed by atoms with van der Waals surface area (Å²) in [5.74, 6) is 0.464. The summed E-state index contributed by atoms with van der Waals surface area (Å²) in [6, 6.07) is 3.36. The van der Waals surface area contributed by atoms with Crippen molar-refractivity contribution in [1.29, 1.82) is 0 Å². The topological polar surface area (TPSA) is 62.7 Å². The van der Waals surface area contributed by atoms with E-state index in [0.717, 1.165) is 13.1 Å². The van der Waals surface area contributed by atoms with E-state index in [1.165, 1.54) is 23.9 Å². The molecule has 0 radical (unpaired) electrons. The normalized spacial score (nSPS) is 11.7. The van der Waals surface area contributed by atoms with Crippen molar-refractivity contribution >= 4 is 15.7 Å². The van der Waals surface area contributed by atoms with Crippen LogP contribution in [0, 0.1) is 0 Å². The summed E-state index contributed by atoms with van der Waals surface area (Å²) in [5.41, 5.74) is 0.556. The van der Waals surface area contributed by atoms with Gasteiger partial charge in [0.2, 0.25) is 15.9 Å². The minimum Gasteiger partial charge on any atom is -0.481 e. The Bertz CT molecular complexity index is 498. The van der Waals surface area contributed by atoms with Gasteiger partial charge in [-0.05, 0) is 19.2 Å². The predicted molar refractivity (Wildman–Crippen MR) is 80.8 cm³/mol. The first-order valence-electron chi connectivity index (χ1n) is 6.62. The summed E-state index contributed by atoms with van der Waals surface area (Å²) in [5, 5.41) is 0. The molecule has 0 N–H and O–H groups in total. The quantitative estimate of drug-likeness (QED) is 0.722. The number of hydrogen-bond donors (Lipinski definition) is 0. The molecule has 0 saturated heterocycles. The van der Waals surface area contributed by atoms with Crippen molar-refractivity contribution in [2.24, 2.45) is 0 Å². The second-order valence-electron chi connectivity index (χ2n) is 4.42. The van der Waals surface area contributed by atoms with E-state index in [9.17, 15) is 8.42 Å². The summed E-state index contributed by atoms with van der Waals surface area (Å²) in [6.07, 6.45) is 2.72. The number of nitrogens with zero attached hydrogens (tertiary/aromatic N) is 3. The Morgan fingerprint density at radius 3 is 2.25 bits per heavy atom. The summed E-state index contributed by atoms with van der Waals surface area (Å²) in [7, 11) is -1.80. The molecule has 0 bridgehead atoms. The average molecular weight is 301 g/mol. The fourth-order valence-corrected chi connectivity index (χ4v) is 2.80. The van der Waals surface area contributed by atoms with Crippen molar-refractivity contribution < 1.29 is 13.2 Å². The van der Waals surface area contributed by atoms with Crippen molar-refractivity contribution in [1.82, 2.24) is 9.88 Å². The van der Waals surface area contributed by atoms with Crippen molar-refractivity contribution in [3.8, 4) is 5.88 Å². The summed E-state index contributed by atoms with van der Waals surface area (Å²) in [6.45, 7) is 7.01. The van der Waals surface area contributed by atoms with Crippen LogP contribution >= 0.6 is 0 Å². The van der Waals surface area contributed by atoms with E-state index in [-0.39, 0.29) is 0 Å². The number of likely N-dealkylation sites (N-methyl/N-ethyl adjacent to an activating group) is 1. The van der Waals surface area contributed by atoms with Gasteiger partial charge in [0.25, 0.3) is 0 Å². The van der Waals surface area contributed by atoms with Crippen molar-refractivity contribution in [2.45, 2.75) is 13.8 Å². The molecule has 0 amide bonds. The number of methoxy groups -OCH3 is 1. The molecule has 0 aliphatic heterocycles. The van der Waals surface area contributed by atoms with Gasteiger partial charge in [-0.3, -0.25) is 4.31 Å². The maximum Gasteiger partial charge on any atom is 0.232 e. The molecule has 0 saturated carbocycles. The zero-order valence-corrected chi connectivity index (χ0v) is 13.4. The molecule has 0 spiro atoms. The van der Waals surface area contributed by atoms with Crippen LogP contribution in [0.4, 0.5) is 5.69 Å². The lowest BCUT2D eigenvalue weighted by atomic mass is 10.4. The van der Waals surface area contributed by atoms with Crippen LogP contribution in [0.3, 0.4) is 0 Å². The van der Waals surface area contributed by atoms with Crippen LogP contribution < -0.4 is 9.04 Å². The van der Waals surface area contributed by atoms with Gasteiger partial charge in [0.1, 0.15) is 0 Å². The zero-order chi connectivity index (χ0) is 15.2. The predicted octanol–water partition coefficient (Wildman–Crippen LogP) is 1.20. The number of rotatable bonds is 8. The van der Waals surface area contributed by atoms with Crippen LogP contribution in [-0.4, -0.2) is 57.8 Å². The SMILES string of the molecule is CCN(CC)CCN(c1ccc(OC)nc1)S(C)(=O)=O. The molecule has 1 rings (SSSR count). The Kier molecular flexibility index (Phi) is 6.22. The zero-order valence-electron chi connectivity index (χ0n) is 12.5. The van der Waals surface area contributed by atoms with Crippen LogP contribution in [-0.2, 0) is 10.0 Å². The van der Waals surface area contributed by atoms with Gasteiger partial charge >= 0.3 is 0 Å². The molecule has 0 aromatic carbocycles. The minimum atomic E-state index is -3.32. The van der Waals surface area contributed by atoms with Gasteiger partial charge in [-0.15, -0.1) is 0 Å². The van der Waals surface area contributed by atoms with E-state index in [1.54, 1.807) is 12.1 Å². The molecule has 0 aliphatic rings. The van der Waals surface area contributed by atoms with Crippen molar-refractivity contribution in [3.63, 3.8) is 0 Å². The van der Waals surface area contributed by atoms with Gasteiger partial charge in [0.15, 0.2) is 0 Å². The minimum absolute atomic E-state index is 0.411. The Morgan fingerprint density at radius 2 is 1.85 bits per heavy atom. The first-order valence-corrected chi connectivity index (χ1v) is 8.47. The lowest BCUT2D eigenvalue weighted by Crippen LogP contribution is -2.38. The first kappa shape index (κ1) is 16.7. The highest BCUT2D eigenvalue weighted by atomic mass is 32.2. The lowest BCUT2D eigenvalue weighted by molar-refractivity contribution is 0.313. The van der Waals surface area contributed by atoms with Crippen LogP contribution in [0.5, 0.6) is 5.88 Å². The lowest BCUT2D eigenvalue weighted by Gasteiger charge is -2.26. The van der Waals surface area contributed by atoms with Crippen LogP contribution in [0.25, 0.3) is 0 Å². The van der Waals surface area contributed by atoms with Gasteiger partial charge in [-0.25, -0.2) is 13.4 Å². The van der Waals surface area contributed by atoms with E-state index in [0.29, 0.717) is 24.7 Å². The molecule has 1 aromatic heterocycles. The number of sulfonamides is 1. The van der Waals surface area contributed by atoms with Crippen LogP contribution in [0.2, 0.25) is 0 Å². The fraction of sp³-hybridized carbons (Fsp3) is 0.615. The molecule has 7 heteroatoms. The third kappa shape index (κ3) is 4.64. The number of aromatic nitrogens is 1. The Balaban J connectivity index is 2.89. The maximum atomic E-state index is 11.9. The van der Waals surface area contributed by atoms with Crippen molar-refractivity contribution in [3.05, 3.63) is 18.3 Å².